The molecule has 138 valence electrons. The van der Waals surface area contributed by atoms with Crippen molar-refractivity contribution in [2.24, 2.45) is 0 Å². The highest BCUT2D eigenvalue weighted by atomic mass is 16.5. The first kappa shape index (κ1) is 18.6. The summed E-state index contributed by atoms with van der Waals surface area (Å²) in [5, 5.41) is 19.2. The zero-order valence-electron chi connectivity index (χ0n) is 15.0. The molecule has 26 heavy (non-hydrogen) atoms. The summed E-state index contributed by atoms with van der Waals surface area (Å²) in [5.74, 6) is 1.78. The number of aliphatic hydroxyl groups excluding tert-OH is 1. The van der Waals surface area contributed by atoms with Crippen molar-refractivity contribution in [3.05, 3.63) is 35.8 Å². The molecule has 1 aliphatic heterocycles. The largest absolute Gasteiger partial charge is 0.493 e. The number of ether oxygens (including phenoxy) is 2. The molecule has 1 aromatic carbocycles. The number of rotatable bonds is 7. The molecule has 1 aromatic heterocycles. The average molecular weight is 358 g/mol. The first-order valence-corrected chi connectivity index (χ1v) is 8.74. The molecule has 1 aliphatic rings. The van der Waals surface area contributed by atoms with E-state index in [9.17, 15) is 10.1 Å². The second-order valence-electron chi connectivity index (χ2n) is 6.20. The van der Waals surface area contributed by atoms with E-state index < -0.39 is 7.12 Å². The third-order valence-corrected chi connectivity index (χ3v) is 4.22. The van der Waals surface area contributed by atoms with Crippen LogP contribution >= 0.6 is 0 Å². The van der Waals surface area contributed by atoms with Gasteiger partial charge in [-0.2, -0.15) is 0 Å². The molecule has 0 amide bonds. The van der Waals surface area contributed by atoms with Crippen LogP contribution in [0.15, 0.2) is 24.3 Å². The number of aromatic nitrogens is 2. The van der Waals surface area contributed by atoms with Gasteiger partial charge in [0, 0.05) is 18.1 Å². The highest BCUT2D eigenvalue weighted by Gasteiger charge is 2.32. The van der Waals surface area contributed by atoms with E-state index in [4.69, 9.17) is 14.1 Å². The molecule has 1 atom stereocenters. The van der Waals surface area contributed by atoms with Crippen LogP contribution in [0.25, 0.3) is 11.3 Å². The van der Waals surface area contributed by atoms with Crippen molar-refractivity contribution in [3.8, 4) is 22.8 Å². The second-order valence-corrected chi connectivity index (χ2v) is 6.20. The van der Waals surface area contributed by atoms with Crippen molar-refractivity contribution in [1.29, 1.82) is 0 Å². The summed E-state index contributed by atoms with van der Waals surface area (Å²) in [7, 11) is 0.811. The number of aliphatic hydroxyl groups is 1. The highest BCUT2D eigenvalue weighted by Crippen LogP contribution is 2.33. The van der Waals surface area contributed by atoms with Crippen molar-refractivity contribution < 1.29 is 24.3 Å². The molecule has 0 unspecified atom stereocenters. The van der Waals surface area contributed by atoms with E-state index in [1.807, 2.05) is 25.1 Å². The maximum atomic E-state index is 9.59. The molecule has 0 aliphatic carbocycles. The van der Waals surface area contributed by atoms with Gasteiger partial charge in [0.2, 0.25) is 0 Å². The normalized spacial score (nSPS) is 16.8. The quantitative estimate of drug-likeness (QED) is 0.732. The highest BCUT2D eigenvalue weighted by molar-refractivity contribution is 6.43. The van der Waals surface area contributed by atoms with Gasteiger partial charge < -0.3 is 24.3 Å². The fourth-order valence-electron chi connectivity index (χ4n) is 2.88. The first-order valence-electron chi connectivity index (χ1n) is 8.74. The Balaban J connectivity index is 1.97. The predicted octanol–water partition coefficient (Wildman–Crippen LogP) is 2.03. The summed E-state index contributed by atoms with van der Waals surface area (Å²) in [6, 6.07) is 7.36. The molecule has 8 heteroatoms. The molecular formula is C18H23BN2O5. The lowest BCUT2D eigenvalue weighted by Gasteiger charge is -2.14. The monoisotopic (exact) mass is 358 g/mol. The van der Waals surface area contributed by atoms with Crippen LogP contribution in [0.1, 0.15) is 30.8 Å². The van der Waals surface area contributed by atoms with Gasteiger partial charge >= 0.3 is 7.12 Å². The summed E-state index contributed by atoms with van der Waals surface area (Å²) < 4.78 is 16.3. The van der Waals surface area contributed by atoms with E-state index in [0.717, 1.165) is 12.0 Å². The fraction of sp³-hybridized carbons (Fsp3) is 0.444. The van der Waals surface area contributed by atoms with Gasteiger partial charge in [-0.1, -0.05) is 6.92 Å². The molecule has 0 spiro atoms. The number of methoxy groups -OCH3 is 1. The lowest BCUT2D eigenvalue weighted by Crippen LogP contribution is -2.09. The second kappa shape index (κ2) is 8.48. The summed E-state index contributed by atoms with van der Waals surface area (Å²) in [4.78, 5) is 9.03. The van der Waals surface area contributed by atoms with Crippen molar-refractivity contribution in [2.75, 3.05) is 20.3 Å². The molecule has 1 fully saturated rings. The molecular weight excluding hydrogens is 335 g/mol. The molecule has 7 nitrogen and oxygen atoms in total. The lowest BCUT2D eigenvalue weighted by atomic mass is 9.82. The minimum atomic E-state index is -0.792. The van der Waals surface area contributed by atoms with E-state index in [-0.39, 0.29) is 12.5 Å². The summed E-state index contributed by atoms with van der Waals surface area (Å²) in [5.41, 5.74) is 2.05. The Morgan fingerprint density at radius 1 is 1.27 bits per heavy atom. The van der Waals surface area contributed by atoms with Gasteiger partial charge in [0.1, 0.15) is 5.82 Å². The number of benzene rings is 1. The summed E-state index contributed by atoms with van der Waals surface area (Å²) >= 11 is 0. The maximum Gasteiger partial charge on any atom is 0.454 e. The molecule has 2 aromatic rings. The van der Waals surface area contributed by atoms with Crippen molar-refractivity contribution in [2.45, 2.75) is 32.2 Å². The maximum absolute atomic E-state index is 9.59. The molecule has 0 bridgehead atoms. The van der Waals surface area contributed by atoms with Gasteiger partial charge in [0.05, 0.1) is 31.7 Å². The van der Waals surface area contributed by atoms with Gasteiger partial charge in [-0.3, -0.25) is 0 Å². The third kappa shape index (κ3) is 4.15. The molecule has 0 saturated carbocycles. The molecule has 2 heterocycles. The van der Waals surface area contributed by atoms with Gasteiger partial charge in [0.25, 0.3) is 0 Å². The zero-order chi connectivity index (χ0) is 18.5. The average Bonchev–Trinajstić information content (AvgIpc) is 3.12. The smallest absolute Gasteiger partial charge is 0.454 e. The van der Waals surface area contributed by atoms with Crippen molar-refractivity contribution in [1.82, 2.24) is 9.97 Å². The number of nitrogens with zero attached hydrogens (tertiary/aromatic N) is 2. The fourth-order valence-corrected chi connectivity index (χ4v) is 2.88. The zero-order valence-corrected chi connectivity index (χ0v) is 15.0. The van der Waals surface area contributed by atoms with E-state index >= 15 is 0 Å². The lowest BCUT2D eigenvalue weighted by molar-refractivity contribution is 0.274. The minimum Gasteiger partial charge on any atom is -0.493 e. The Bertz CT molecular complexity index is 758. The third-order valence-electron chi connectivity index (χ3n) is 4.22. The van der Waals surface area contributed by atoms with Crippen LogP contribution in [0.5, 0.6) is 11.5 Å². The Morgan fingerprint density at radius 3 is 2.77 bits per heavy atom. The summed E-state index contributed by atoms with van der Waals surface area (Å²) in [6.45, 7) is 2.81. The van der Waals surface area contributed by atoms with E-state index in [0.29, 0.717) is 48.2 Å². The molecule has 1 saturated heterocycles. The van der Waals surface area contributed by atoms with Crippen LogP contribution in [-0.2, 0) is 11.3 Å². The molecule has 3 rings (SSSR count). The van der Waals surface area contributed by atoms with E-state index in [2.05, 4.69) is 9.97 Å². The van der Waals surface area contributed by atoms with Crippen LogP contribution < -0.4 is 9.47 Å². The predicted molar refractivity (Wildman–Crippen MR) is 97.2 cm³/mol. The number of hydrogen-bond acceptors (Lipinski definition) is 7. The van der Waals surface area contributed by atoms with E-state index in [1.54, 1.807) is 13.2 Å². The molecule has 2 N–H and O–H groups in total. The van der Waals surface area contributed by atoms with Gasteiger partial charge in [0.15, 0.2) is 11.5 Å². The van der Waals surface area contributed by atoms with Crippen LogP contribution in [-0.4, -0.2) is 47.5 Å². The van der Waals surface area contributed by atoms with Crippen LogP contribution in [0, 0.1) is 0 Å². The summed E-state index contributed by atoms with van der Waals surface area (Å²) in [6.07, 6.45) is 1.34. The Kier molecular flexibility index (Phi) is 6.08. The SMILES string of the molecule is CCCOc1cc(-c2cc(CO)nc([C@H]3COB(O)C3)n2)ccc1OC. The van der Waals surface area contributed by atoms with Crippen molar-refractivity contribution >= 4 is 7.12 Å². The van der Waals surface area contributed by atoms with Crippen LogP contribution in [0.4, 0.5) is 0 Å². The number of hydrogen-bond donors (Lipinski definition) is 2. The topological polar surface area (TPSA) is 93.9 Å². The van der Waals surface area contributed by atoms with Crippen LogP contribution in [0.3, 0.4) is 0 Å². The van der Waals surface area contributed by atoms with Gasteiger partial charge in [-0.05, 0) is 37.0 Å². The van der Waals surface area contributed by atoms with Gasteiger partial charge in [-0.15, -0.1) is 0 Å². The first-order chi connectivity index (χ1) is 12.6. The molecule has 0 radical (unpaired) electrons. The van der Waals surface area contributed by atoms with E-state index in [1.165, 1.54) is 0 Å². The Labute approximate surface area is 153 Å². The van der Waals surface area contributed by atoms with Crippen molar-refractivity contribution in [3.63, 3.8) is 0 Å². The van der Waals surface area contributed by atoms with Gasteiger partial charge in [-0.25, -0.2) is 9.97 Å². The standard InChI is InChI=1S/C18H23BN2O5/c1-3-6-25-17-7-12(4-5-16(17)24-2)15-8-14(10-22)20-18(21-15)13-9-19(23)26-11-13/h4-5,7-8,13,22-23H,3,6,9-11H2,1-2H3/t13-/m1/s1. The van der Waals surface area contributed by atoms with Crippen LogP contribution in [0.2, 0.25) is 6.32 Å². The Hall–Kier alpha value is -2.16. The minimum absolute atomic E-state index is 0.0932. The Morgan fingerprint density at radius 2 is 2.12 bits per heavy atom.